The van der Waals surface area contributed by atoms with Crippen molar-refractivity contribution in [3.05, 3.63) is 65.4 Å². The first-order chi connectivity index (χ1) is 16.8. The van der Waals surface area contributed by atoms with Crippen LogP contribution in [0.25, 0.3) is 0 Å². The minimum atomic E-state index is -0.626. The molecule has 0 saturated carbocycles. The van der Waals surface area contributed by atoms with Crippen molar-refractivity contribution in [2.24, 2.45) is 0 Å². The number of hydrogen-bond donors (Lipinski definition) is 3. The van der Waals surface area contributed by atoms with Crippen molar-refractivity contribution >= 4 is 23.0 Å². The first-order valence-electron chi connectivity index (χ1n) is 11.9. The highest BCUT2D eigenvalue weighted by Gasteiger charge is 2.33. The normalized spacial score (nSPS) is 24.2. The molecule has 2 fully saturated rings. The molecule has 0 aromatic heterocycles. The lowest BCUT2D eigenvalue weighted by molar-refractivity contribution is -0.116. The number of carbonyl (C=O) groups excluding carboxylic acids is 1. The van der Waals surface area contributed by atoms with Crippen LogP contribution >= 0.6 is 0 Å². The summed E-state index contributed by atoms with van der Waals surface area (Å²) in [6.07, 6.45) is 0.755. The fourth-order valence-electron chi connectivity index (χ4n) is 5.26. The second-order valence-electron chi connectivity index (χ2n) is 9.54. The van der Waals surface area contributed by atoms with Gasteiger partial charge in [0.2, 0.25) is 5.91 Å². The average molecular weight is 485 g/mol. The number of nitrogens with one attached hydrogen (secondary N) is 2. The molecule has 2 aromatic rings. The Morgan fingerprint density at radius 1 is 1.23 bits per heavy atom. The van der Waals surface area contributed by atoms with Crippen LogP contribution in [0.1, 0.15) is 17.5 Å². The molecule has 3 N–H and O–H groups in total. The number of nitrogens with zero attached hydrogens (tertiary/aromatic N) is 2. The van der Waals surface area contributed by atoms with Crippen LogP contribution in [0, 0.1) is 18.6 Å². The number of fused-ring (bicyclic) bond motifs is 1. The third-order valence-corrected chi connectivity index (χ3v) is 7.17. The summed E-state index contributed by atoms with van der Waals surface area (Å²) in [5, 5.41) is 15.6. The van der Waals surface area contributed by atoms with Gasteiger partial charge < -0.3 is 25.4 Å². The highest BCUT2D eigenvalue weighted by atomic mass is 19.1. The zero-order valence-corrected chi connectivity index (χ0v) is 19.7. The second kappa shape index (κ2) is 9.47. The van der Waals surface area contributed by atoms with Gasteiger partial charge in [-0.05, 0) is 43.2 Å². The van der Waals surface area contributed by atoms with Gasteiger partial charge in [0.25, 0.3) is 0 Å². The third kappa shape index (κ3) is 4.83. The molecule has 2 saturated heterocycles. The number of halogens is 2. The quantitative estimate of drug-likeness (QED) is 0.563. The lowest BCUT2D eigenvalue weighted by Crippen LogP contribution is -2.49. The first-order valence-corrected chi connectivity index (χ1v) is 11.9. The Hall–Kier alpha value is -3.17. The lowest BCUT2D eigenvalue weighted by atomic mass is 10.1. The van der Waals surface area contributed by atoms with E-state index < -0.39 is 11.9 Å². The Kier molecular flexibility index (Phi) is 6.37. The van der Waals surface area contributed by atoms with Gasteiger partial charge in [-0.2, -0.15) is 0 Å². The average Bonchev–Trinajstić information content (AvgIpc) is 3.50. The zero-order valence-electron chi connectivity index (χ0n) is 19.7. The maximum Gasteiger partial charge on any atom is 0.247 e. The summed E-state index contributed by atoms with van der Waals surface area (Å²) in [5.41, 5.74) is 3.10. The van der Waals surface area contributed by atoms with Crippen molar-refractivity contribution in [1.29, 1.82) is 0 Å². The molecule has 7 nitrogen and oxygen atoms in total. The maximum atomic E-state index is 14.5. The largest absolute Gasteiger partial charge is 0.510 e. The SMILES string of the molecule is C=C(O)[C@H]1CN([C@H]2CCN(c3cc(F)cc(NC(=O)C4Cc5c(F)ccc(C)c5N4)c3)C2)CCO1. The molecule has 5 rings (SSSR count). The van der Waals surface area contributed by atoms with Crippen LogP contribution < -0.4 is 15.5 Å². The molecule has 35 heavy (non-hydrogen) atoms. The number of aryl methyl sites for hydroxylation is 1. The summed E-state index contributed by atoms with van der Waals surface area (Å²) in [4.78, 5) is 17.3. The molecule has 1 amide bonds. The number of morpholine rings is 1. The first kappa shape index (κ1) is 23.6. The molecule has 1 unspecified atom stereocenters. The van der Waals surface area contributed by atoms with Gasteiger partial charge >= 0.3 is 0 Å². The molecule has 0 radical (unpaired) electrons. The van der Waals surface area contributed by atoms with Crippen molar-refractivity contribution in [2.75, 3.05) is 48.3 Å². The van der Waals surface area contributed by atoms with E-state index in [4.69, 9.17) is 4.74 Å². The Morgan fingerprint density at radius 3 is 2.83 bits per heavy atom. The lowest BCUT2D eigenvalue weighted by Gasteiger charge is -2.36. The van der Waals surface area contributed by atoms with Crippen molar-refractivity contribution < 1.29 is 23.4 Å². The van der Waals surface area contributed by atoms with Crippen LogP contribution in [0.15, 0.2) is 42.7 Å². The van der Waals surface area contributed by atoms with Crippen LogP contribution in [0.3, 0.4) is 0 Å². The standard InChI is InChI=1S/C26H30F2N4O3/c1-15-3-4-22(28)21-12-23(30-25(15)21)26(34)29-18-9-17(27)10-20(11-18)31-6-5-19(13-31)32-7-8-35-24(14-32)16(2)33/h3-4,9-11,19,23-24,30,33H,2,5-8,12-14H2,1H3,(H,29,34)/t19-,23?,24+/m0/s1. The molecule has 0 aliphatic carbocycles. The van der Waals surface area contributed by atoms with E-state index in [9.17, 15) is 18.7 Å². The summed E-state index contributed by atoms with van der Waals surface area (Å²) in [6.45, 7) is 8.79. The molecule has 186 valence electrons. The van der Waals surface area contributed by atoms with Crippen LogP contribution in [0.5, 0.6) is 0 Å². The number of anilines is 3. The molecule has 3 aliphatic rings. The zero-order chi connectivity index (χ0) is 24.7. The fourth-order valence-corrected chi connectivity index (χ4v) is 5.26. The topological polar surface area (TPSA) is 77.1 Å². The number of amides is 1. The summed E-state index contributed by atoms with van der Waals surface area (Å²) >= 11 is 0. The van der Waals surface area contributed by atoms with Crippen LogP contribution in [-0.2, 0) is 16.0 Å². The smallest absolute Gasteiger partial charge is 0.247 e. The molecular weight excluding hydrogens is 454 g/mol. The Morgan fingerprint density at radius 2 is 2.06 bits per heavy atom. The molecule has 3 atom stereocenters. The highest BCUT2D eigenvalue weighted by Crippen LogP contribution is 2.33. The second-order valence-corrected chi connectivity index (χ2v) is 9.54. The minimum absolute atomic E-state index is 0.0350. The van der Waals surface area contributed by atoms with E-state index in [0.717, 1.165) is 25.1 Å². The molecule has 3 aliphatic heterocycles. The van der Waals surface area contributed by atoms with E-state index in [1.807, 2.05) is 6.92 Å². The summed E-state index contributed by atoms with van der Waals surface area (Å²) in [5.74, 6) is -1.07. The molecular formula is C26H30F2N4O3. The van der Waals surface area contributed by atoms with Crippen LogP contribution in [0.4, 0.5) is 25.8 Å². The van der Waals surface area contributed by atoms with E-state index >= 15 is 0 Å². The minimum Gasteiger partial charge on any atom is -0.510 e. The number of aliphatic hydroxyl groups is 1. The van der Waals surface area contributed by atoms with E-state index in [1.54, 1.807) is 12.1 Å². The maximum absolute atomic E-state index is 14.5. The van der Waals surface area contributed by atoms with Crippen molar-refractivity contribution in [1.82, 2.24) is 4.90 Å². The van der Waals surface area contributed by atoms with Gasteiger partial charge in [-0.3, -0.25) is 9.69 Å². The molecule has 2 aromatic carbocycles. The van der Waals surface area contributed by atoms with Gasteiger partial charge in [-0.25, -0.2) is 8.78 Å². The Balaban J connectivity index is 1.24. The molecule has 9 heteroatoms. The van der Waals surface area contributed by atoms with Gasteiger partial charge in [0.05, 0.1) is 6.61 Å². The van der Waals surface area contributed by atoms with E-state index in [1.165, 1.54) is 18.2 Å². The van der Waals surface area contributed by atoms with Gasteiger partial charge in [0.1, 0.15) is 29.5 Å². The van der Waals surface area contributed by atoms with E-state index in [2.05, 4.69) is 27.0 Å². The molecule has 3 heterocycles. The van der Waals surface area contributed by atoms with Gasteiger partial charge in [-0.1, -0.05) is 12.6 Å². The van der Waals surface area contributed by atoms with Crippen molar-refractivity contribution in [2.45, 2.75) is 38.0 Å². The summed E-state index contributed by atoms with van der Waals surface area (Å²) < 4.78 is 34.3. The van der Waals surface area contributed by atoms with E-state index in [0.29, 0.717) is 42.3 Å². The molecule has 0 spiro atoms. The number of aliphatic hydroxyl groups excluding tert-OH is 1. The number of rotatable bonds is 5. The monoisotopic (exact) mass is 484 g/mol. The number of ether oxygens (including phenoxy) is 1. The van der Waals surface area contributed by atoms with Crippen LogP contribution in [-0.4, -0.2) is 66.9 Å². The third-order valence-electron chi connectivity index (χ3n) is 7.17. The highest BCUT2D eigenvalue weighted by molar-refractivity contribution is 5.98. The van der Waals surface area contributed by atoms with Gasteiger partial charge in [0.15, 0.2) is 0 Å². The van der Waals surface area contributed by atoms with Crippen molar-refractivity contribution in [3.8, 4) is 0 Å². The fraction of sp³-hybridized carbons (Fsp3) is 0.423. The summed E-state index contributed by atoms with van der Waals surface area (Å²) in [7, 11) is 0. The predicted octanol–water partition coefficient (Wildman–Crippen LogP) is 3.60. The van der Waals surface area contributed by atoms with E-state index in [-0.39, 0.29) is 36.1 Å². The predicted molar refractivity (Wildman–Crippen MR) is 131 cm³/mol. The summed E-state index contributed by atoms with van der Waals surface area (Å²) in [6, 6.07) is 7.26. The number of hydrogen-bond acceptors (Lipinski definition) is 6. The van der Waals surface area contributed by atoms with Crippen molar-refractivity contribution in [3.63, 3.8) is 0 Å². The Labute approximate surface area is 203 Å². The van der Waals surface area contributed by atoms with Crippen LogP contribution in [0.2, 0.25) is 0 Å². The Bertz CT molecular complexity index is 1130. The molecule has 0 bridgehead atoms. The number of carbonyl (C=O) groups is 1. The van der Waals surface area contributed by atoms with Gasteiger partial charge in [-0.15, -0.1) is 0 Å². The number of benzene rings is 2. The van der Waals surface area contributed by atoms with Gasteiger partial charge in [0, 0.05) is 61.3 Å².